The first-order valence-corrected chi connectivity index (χ1v) is 16.5. The lowest BCUT2D eigenvalue weighted by molar-refractivity contribution is -0.199. The van der Waals surface area contributed by atoms with E-state index < -0.39 is 0 Å². The highest BCUT2D eigenvalue weighted by Gasteiger charge is 2.64. The van der Waals surface area contributed by atoms with E-state index in [1.165, 1.54) is 57.9 Å². The lowest BCUT2D eigenvalue weighted by Gasteiger charge is -2.64. The van der Waals surface area contributed by atoms with E-state index in [-0.39, 0.29) is 34.9 Å². The molecule has 5 heteroatoms. The molecule has 218 valence electrons. The molecule has 1 amide bonds. The number of aliphatic hydroxyl groups is 2. The number of hydrogen-bond acceptors (Lipinski definition) is 4. The summed E-state index contributed by atoms with van der Waals surface area (Å²) < 4.78 is 0. The van der Waals surface area contributed by atoms with E-state index in [2.05, 4.69) is 38.3 Å². The van der Waals surface area contributed by atoms with Gasteiger partial charge in [-0.25, -0.2) is 0 Å². The summed E-state index contributed by atoms with van der Waals surface area (Å²) in [6.07, 6.45) is 15.3. The molecule has 4 N–H and O–H groups in total. The molecule has 0 radical (unpaired) electrons. The first-order valence-electron chi connectivity index (χ1n) is 16.5. The molecule has 5 aliphatic rings. The van der Waals surface area contributed by atoms with Crippen molar-refractivity contribution in [2.45, 2.75) is 136 Å². The van der Waals surface area contributed by atoms with Crippen molar-refractivity contribution in [2.24, 2.45) is 52.3 Å². The molecule has 4 saturated carbocycles. The molecule has 38 heavy (non-hydrogen) atoms. The molecule has 0 aromatic carbocycles. The molecule has 2 unspecified atom stereocenters. The van der Waals surface area contributed by atoms with Crippen molar-refractivity contribution >= 4 is 5.91 Å². The minimum Gasteiger partial charge on any atom is -0.393 e. The van der Waals surface area contributed by atoms with E-state index in [9.17, 15) is 15.0 Å². The van der Waals surface area contributed by atoms with Gasteiger partial charge in [0, 0.05) is 19.0 Å². The van der Waals surface area contributed by atoms with Gasteiger partial charge in [0.15, 0.2) is 0 Å². The van der Waals surface area contributed by atoms with Gasteiger partial charge in [0.25, 0.3) is 0 Å². The predicted octanol–water partition coefficient (Wildman–Crippen LogP) is 5.68. The van der Waals surface area contributed by atoms with Gasteiger partial charge < -0.3 is 20.8 Å². The average Bonchev–Trinajstić information content (AvgIpc) is 3.54. The van der Waals surface area contributed by atoms with Crippen LogP contribution in [0.25, 0.3) is 0 Å². The number of carbonyl (C=O) groups is 1. The Bertz CT molecular complexity index is 814. The van der Waals surface area contributed by atoms with Crippen LogP contribution in [0.1, 0.15) is 118 Å². The van der Waals surface area contributed by atoms with Gasteiger partial charge in [-0.15, -0.1) is 0 Å². The average molecular weight is 531 g/mol. The molecule has 0 bridgehead atoms. The van der Waals surface area contributed by atoms with Crippen LogP contribution < -0.4 is 10.6 Å². The van der Waals surface area contributed by atoms with Crippen molar-refractivity contribution in [3.05, 3.63) is 0 Å². The van der Waals surface area contributed by atoms with Crippen LogP contribution in [0.3, 0.4) is 0 Å². The van der Waals surface area contributed by atoms with E-state index in [0.717, 1.165) is 38.6 Å². The van der Waals surface area contributed by atoms with Crippen LogP contribution in [0.4, 0.5) is 0 Å². The minimum atomic E-state index is -0.239. The number of nitrogens with one attached hydrogen (secondary N) is 2. The van der Waals surface area contributed by atoms with Gasteiger partial charge in [0.05, 0.1) is 12.2 Å². The van der Waals surface area contributed by atoms with E-state index in [1.807, 2.05) is 0 Å². The van der Waals surface area contributed by atoms with Gasteiger partial charge in [-0.1, -0.05) is 34.1 Å². The van der Waals surface area contributed by atoms with Crippen LogP contribution in [-0.2, 0) is 4.79 Å². The van der Waals surface area contributed by atoms with Crippen LogP contribution in [-0.4, -0.2) is 47.5 Å². The van der Waals surface area contributed by atoms with Crippen molar-refractivity contribution in [1.82, 2.24) is 10.6 Å². The fourth-order valence-electron chi connectivity index (χ4n) is 11.0. The highest BCUT2D eigenvalue weighted by Crippen LogP contribution is 2.69. The smallest absolute Gasteiger partial charge is 0.220 e. The summed E-state index contributed by atoms with van der Waals surface area (Å²) in [5.41, 5.74) is 0.544. The lowest BCUT2D eigenvalue weighted by Crippen LogP contribution is -2.61. The molecular formula is C33H58N2O3. The molecule has 1 saturated heterocycles. The summed E-state index contributed by atoms with van der Waals surface area (Å²) >= 11 is 0. The van der Waals surface area contributed by atoms with Crippen LogP contribution in [0.5, 0.6) is 0 Å². The third kappa shape index (κ3) is 5.34. The van der Waals surface area contributed by atoms with Gasteiger partial charge in [-0.05, 0) is 136 Å². The molecule has 1 aliphatic heterocycles. The SMILES string of the molecule is C[C@H]1[C@@H](O)[C@@H]2[C@H](CC[C@]3(C)C([C@H](C)CCC(=O)NCCCCC4CCCN4)CC[C@@H]23)[C@@]2(C)CC[C@@H](O)C[C@@H]12. The van der Waals surface area contributed by atoms with Gasteiger partial charge in [-0.2, -0.15) is 0 Å². The third-order valence-corrected chi connectivity index (χ3v) is 13.2. The zero-order valence-electron chi connectivity index (χ0n) is 24.9. The highest BCUT2D eigenvalue weighted by molar-refractivity contribution is 5.75. The fraction of sp³-hybridized carbons (Fsp3) is 0.970. The van der Waals surface area contributed by atoms with Crippen molar-refractivity contribution in [2.75, 3.05) is 13.1 Å². The van der Waals surface area contributed by atoms with Gasteiger partial charge >= 0.3 is 0 Å². The standard InChI is InChI=1S/C33H58N2O3/c1-21(10-13-29(37)35-18-6-5-8-23-9-7-19-34-23)25-11-12-26-30-27(15-17-32(25,26)3)33(4)16-14-24(36)20-28(33)22(2)31(30)38/h21-28,30-31,34,36,38H,5-20H2,1-4H3,(H,35,37)/t21-,22-,23?,24-,25?,26+,27+,28+,30+,31-,32-,33-/m1/s1. The first kappa shape index (κ1) is 28.9. The Kier molecular flexibility index (Phi) is 8.88. The summed E-state index contributed by atoms with van der Waals surface area (Å²) in [6.45, 7) is 11.7. The fourth-order valence-corrected chi connectivity index (χ4v) is 11.0. The Hall–Kier alpha value is -0.650. The summed E-state index contributed by atoms with van der Waals surface area (Å²) in [7, 11) is 0. The Balaban J connectivity index is 1.13. The number of aliphatic hydroxyl groups excluding tert-OH is 2. The zero-order valence-corrected chi connectivity index (χ0v) is 24.9. The summed E-state index contributed by atoms with van der Waals surface area (Å²) in [5, 5.41) is 28.9. The Morgan fingerprint density at radius 2 is 1.76 bits per heavy atom. The maximum absolute atomic E-state index is 12.6. The largest absolute Gasteiger partial charge is 0.393 e. The number of carbonyl (C=O) groups excluding carboxylic acids is 1. The third-order valence-electron chi connectivity index (χ3n) is 13.2. The maximum atomic E-state index is 12.6. The Morgan fingerprint density at radius 1 is 1.00 bits per heavy atom. The second-order valence-electron chi connectivity index (χ2n) is 15.1. The molecule has 0 spiro atoms. The minimum absolute atomic E-state index is 0.184. The topological polar surface area (TPSA) is 81.6 Å². The van der Waals surface area contributed by atoms with Crippen LogP contribution in [0, 0.1) is 52.3 Å². The van der Waals surface area contributed by atoms with Crippen molar-refractivity contribution < 1.29 is 15.0 Å². The van der Waals surface area contributed by atoms with Crippen molar-refractivity contribution in [3.63, 3.8) is 0 Å². The summed E-state index contributed by atoms with van der Waals surface area (Å²) in [6, 6.07) is 0.705. The summed E-state index contributed by atoms with van der Waals surface area (Å²) in [4.78, 5) is 12.6. The zero-order chi connectivity index (χ0) is 27.1. The quantitative estimate of drug-likeness (QED) is 0.289. The first-order chi connectivity index (χ1) is 18.1. The molecular weight excluding hydrogens is 472 g/mol. The Morgan fingerprint density at radius 3 is 2.53 bits per heavy atom. The second kappa shape index (κ2) is 11.7. The number of rotatable bonds is 9. The van der Waals surface area contributed by atoms with E-state index in [4.69, 9.17) is 0 Å². The van der Waals surface area contributed by atoms with Crippen molar-refractivity contribution in [3.8, 4) is 0 Å². The van der Waals surface area contributed by atoms with E-state index >= 15 is 0 Å². The molecule has 0 aromatic heterocycles. The van der Waals surface area contributed by atoms with Crippen LogP contribution in [0.2, 0.25) is 0 Å². The number of hydrogen-bond donors (Lipinski definition) is 4. The normalized spacial score (nSPS) is 47.2. The molecule has 5 nitrogen and oxygen atoms in total. The highest BCUT2D eigenvalue weighted by atomic mass is 16.3. The van der Waals surface area contributed by atoms with Gasteiger partial charge in [0.1, 0.15) is 0 Å². The second-order valence-corrected chi connectivity index (χ2v) is 15.1. The molecule has 5 fully saturated rings. The van der Waals surface area contributed by atoms with E-state index in [0.29, 0.717) is 48.0 Å². The maximum Gasteiger partial charge on any atom is 0.220 e. The number of fused-ring (bicyclic) bond motifs is 5. The Labute approximate surface area is 232 Å². The van der Waals surface area contributed by atoms with Crippen LogP contribution in [0.15, 0.2) is 0 Å². The van der Waals surface area contributed by atoms with Gasteiger partial charge in [0.2, 0.25) is 5.91 Å². The molecule has 5 rings (SSSR count). The molecule has 12 atom stereocenters. The lowest BCUT2D eigenvalue weighted by atomic mass is 9.42. The van der Waals surface area contributed by atoms with Gasteiger partial charge in [-0.3, -0.25) is 4.79 Å². The predicted molar refractivity (Wildman–Crippen MR) is 153 cm³/mol. The van der Waals surface area contributed by atoms with Crippen molar-refractivity contribution in [1.29, 1.82) is 0 Å². The van der Waals surface area contributed by atoms with E-state index in [1.54, 1.807) is 0 Å². The molecule has 0 aromatic rings. The molecule has 1 heterocycles. The summed E-state index contributed by atoms with van der Waals surface area (Å²) in [5.74, 6) is 3.74. The monoisotopic (exact) mass is 530 g/mol. The van der Waals surface area contributed by atoms with Crippen LogP contribution >= 0.6 is 0 Å². The molecule has 4 aliphatic carbocycles. The number of amides is 1. The number of unbranched alkanes of at least 4 members (excludes halogenated alkanes) is 1.